The molecule has 1 amide bonds. The molecule has 1 heterocycles. The molecule has 0 spiro atoms. The van der Waals surface area contributed by atoms with Crippen LogP contribution >= 0.6 is 0 Å². The molecule has 22 heavy (non-hydrogen) atoms. The van der Waals surface area contributed by atoms with E-state index in [0.29, 0.717) is 19.6 Å². The van der Waals surface area contributed by atoms with Gasteiger partial charge in [-0.05, 0) is 36.2 Å². The standard InChI is InChI=1S/C18H20N2O2/c1-2-22-15-9-7-13(8-10-15)16(19)12-20-17-6-4-3-5-14(17)11-18(20)21/h3-10,16H,2,11-12,19H2,1H3. The number of para-hydroxylation sites is 1. The second-order valence-corrected chi connectivity index (χ2v) is 5.42. The Morgan fingerprint density at radius 3 is 2.64 bits per heavy atom. The zero-order valence-corrected chi connectivity index (χ0v) is 12.7. The van der Waals surface area contributed by atoms with Crippen molar-refractivity contribution in [3.05, 3.63) is 59.7 Å². The zero-order chi connectivity index (χ0) is 15.5. The Labute approximate surface area is 130 Å². The quantitative estimate of drug-likeness (QED) is 0.923. The highest BCUT2D eigenvalue weighted by Gasteiger charge is 2.28. The summed E-state index contributed by atoms with van der Waals surface area (Å²) in [5, 5.41) is 0. The number of anilines is 1. The van der Waals surface area contributed by atoms with Gasteiger partial charge < -0.3 is 15.4 Å². The third-order valence-electron chi connectivity index (χ3n) is 3.92. The number of fused-ring (bicyclic) bond motifs is 1. The van der Waals surface area contributed by atoms with Gasteiger partial charge in [0.1, 0.15) is 5.75 Å². The lowest BCUT2D eigenvalue weighted by atomic mass is 10.1. The van der Waals surface area contributed by atoms with Gasteiger partial charge in [-0.25, -0.2) is 0 Å². The number of amides is 1. The van der Waals surface area contributed by atoms with Gasteiger partial charge in [0.25, 0.3) is 0 Å². The average Bonchev–Trinajstić information content (AvgIpc) is 2.84. The summed E-state index contributed by atoms with van der Waals surface area (Å²) in [7, 11) is 0. The lowest BCUT2D eigenvalue weighted by molar-refractivity contribution is -0.117. The molecule has 1 aliphatic rings. The Bertz CT molecular complexity index is 667. The molecule has 1 aliphatic heterocycles. The van der Waals surface area contributed by atoms with E-state index >= 15 is 0 Å². The number of carbonyl (C=O) groups excluding carboxylic acids is 1. The minimum absolute atomic E-state index is 0.114. The maximum absolute atomic E-state index is 12.2. The van der Waals surface area contributed by atoms with Gasteiger partial charge in [0.15, 0.2) is 0 Å². The molecule has 0 bridgehead atoms. The van der Waals surface area contributed by atoms with E-state index in [-0.39, 0.29) is 11.9 Å². The first-order chi connectivity index (χ1) is 10.7. The molecule has 0 saturated carbocycles. The number of hydrogen-bond acceptors (Lipinski definition) is 3. The summed E-state index contributed by atoms with van der Waals surface area (Å²) in [5.41, 5.74) is 9.34. The minimum atomic E-state index is -0.217. The van der Waals surface area contributed by atoms with Gasteiger partial charge in [0, 0.05) is 18.3 Å². The van der Waals surface area contributed by atoms with Crippen LogP contribution in [0, 0.1) is 0 Å². The highest BCUT2D eigenvalue weighted by molar-refractivity contribution is 6.01. The molecule has 3 rings (SSSR count). The number of rotatable bonds is 5. The van der Waals surface area contributed by atoms with Gasteiger partial charge in [-0.3, -0.25) is 4.79 Å². The van der Waals surface area contributed by atoms with Crippen LogP contribution in [0.4, 0.5) is 5.69 Å². The number of carbonyl (C=O) groups is 1. The van der Waals surface area contributed by atoms with Crippen LogP contribution in [0.15, 0.2) is 48.5 Å². The van der Waals surface area contributed by atoms with Crippen molar-refractivity contribution in [1.29, 1.82) is 0 Å². The molecule has 0 radical (unpaired) electrons. The third-order valence-corrected chi connectivity index (χ3v) is 3.92. The fourth-order valence-electron chi connectivity index (χ4n) is 2.80. The molecular weight excluding hydrogens is 276 g/mol. The van der Waals surface area contributed by atoms with Crippen molar-refractivity contribution < 1.29 is 9.53 Å². The van der Waals surface area contributed by atoms with Crippen molar-refractivity contribution in [2.75, 3.05) is 18.1 Å². The molecule has 0 saturated heterocycles. The Morgan fingerprint density at radius 2 is 1.91 bits per heavy atom. The summed E-state index contributed by atoms with van der Waals surface area (Å²) in [5.74, 6) is 0.948. The lowest BCUT2D eigenvalue weighted by Gasteiger charge is -2.22. The van der Waals surface area contributed by atoms with Crippen molar-refractivity contribution in [1.82, 2.24) is 0 Å². The predicted octanol–water partition coefficient (Wildman–Crippen LogP) is 2.67. The maximum atomic E-state index is 12.2. The van der Waals surface area contributed by atoms with Gasteiger partial charge in [-0.2, -0.15) is 0 Å². The van der Waals surface area contributed by atoms with Gasteiger partial charge in [-0.1, -0.05) is 30.3 Å². The van der Waals surface area contributed by atoms with Crippen LogP contribution in [0.5, 0.6) is 5.75 Å². The molecule has 4 heteroatoms. The number of nitrogens with two attached hydrogens (primary N) is 1. The van der Waals surface area contributed by atoms with Crippen molar-refractivity contribution in [2.24, 2.45) is 5.73 Å². The van der Waals surface area contributed by atoms with E-state index in [0.717, 1.165) is 22.6 Å². The van der Waals surface area contributed by atoms with Crippen LogP contribution in [0.1, 0.15) is 24.1 Å². The van der Waals surface area contributed by atoms with Crippen LogP contribution in [0.25, 0.3) is 0 Å². The maximum Gasteiger partial charge on any atom is 0.231 e. The number of benzene rings is 2. The monoisotopic (exact) mass is 296 g/mol. The Morgan fingerprint density at radius 1 is 1.18 bits per heavy atom. The summed E-state index contributed by atoms with van der Waals surface area (Å²) < 4.78 is 5.43. The number of hydrogen-bond donors (Lipinski definition) is 1. The minimum Gasteiger partial charge on any atom is -0.494 e. The van der Waals surface area contributed by atoms with E-state index < -0.39 is 0 Å². The number of ether oxygens (including phenoxy) is 1. The van der Waals surface area contributed by atoms with Crippen LogP contribution in [0.2, 0.25) is 0 Å². The van der Waals surface area contributed by atoms with Crippen molar-refractivity contribution in [3.8, 4) is 5.75 Å². The molecule has 1 unspecified atom stereocenters. The molecular formula is C18H20N2O2. The van der Waals surface area contributed by atoms with Crippen LogP contribution in [0.3, 0.4) is 0 Å². The van der Waals surface area contributed by atoms with Crippen molar-refractivity contribution in [3.63, 3.8) is 0 Å². The molecule has 0 fully saturated rings. The van der Waals surface area contributed by atoms with E-state index in [4.69, 9.17) is 10.5 Å². The summed E-state index contributed by atoms with van der Waals surface area (Å²) in [6.07, 6.45) is 0.464. The fraction of sp³-hybridized carbons (Fsp3) is 0.278. The SMILES string of the molecule is CCOc1ccc(C(N)CN2C(=O)Cc3ccccc32)cc1. The molecule has 4 nitrogen and oxygen atoms in total. The van der Waals surface area contributed by atoms with E-state index in [1.807, 2.05) is 55.5 Å². The summed E-state index contributed by atoms with van der Waals surface area (Å²) >= 11 is 0. The molecule has 0 aromatic heterocycles. The van der Waals surface area contributed by atoms with E-state index in [1.165, 1.54) is 0 Å². The Kier molecular flexibility index (Phi) is 4.11. The zero-order valence-electron chi connectivity index (χ0n) is 12.7. The highest BCUT2D eigenvalue weighted by atomic mass is 16.5. The summed E-state index contributed by atoms with van der Waals surface area (Å²) in [6.45, 7) is 3.09. The molecule has 2 N–H and O–H groups in total. The van der Waals surface area contributed by atoms with Crippen LogP contribution < -0.4 is 15.4 Å². The van der Waals surface area contributed by atoms with Crippen molar-refractivity contribution in [2.45, 2.75) is 19.4 Å². The highest BCUT2D eigenvalue weighted by Crippen LogP contribution is 2.30. The molecule has 0 aliphatic carbocycles. The molecule has 1 atom stereocenters. The van der Waals surface area contributed by atoms with Gasteiger partial charge in [0.05, 0.1) is 13.0 Å². The van der Waals surface area contributed by atoms with Gasteiger partial charge >= 0.3 is 0 Å². The first-order valence-corrected chi connectivity index (χ1v) is 7.55. The normalized spacial score (nSPS) is 14.8. The Balaban J connectivity index is 1.74. The summed E-state index contributed by atoms with van der Waals surface area (Å²) in [4.78, 5) is 14.0. The number of nitrogens with zero attached hydrogens (tertiary/aromatic N) is 1. The molecule has 2 aromatic carbocycles. The average molecular weight is 296 g/mol. The first kappa shape index (κ1) is 14.6. The third kappa shape index (κ3) is 2.83. The van der Waals surface area contributed by atoms with Gasteiger partial charge in [-0.15, -0.1) is 0 Å². The van der Waals surface area contributed by atoms with E-state index in [1.54, 1.807) is 4.90 Å². The predicted molar refractivity (Wildman–Crippen MR) is 87.0 cm³/mol. The smallest absolute Gasteiger partial charge is 0.231 e. The lowest BCUT2D eigenvalue weighted by Crippen LogP contribution is -2.34. The van der Waals surface area contributed by atoms with Crippen LogP contribution in [-0.4, -0.2) is 19.1 Å². The second kappa shape index (κ2) is 6.20. The van der Waals surface area contributed by atoms with E-state index in [9.17, 15) is 4.79 Å². The second-order valence-electron chi connectivity index (χ2n) is 5.42. The van der Waals surface area contributed by atoms with Gasteiger partial charge in [0.2, 0.25) is 5.91 Å². The molecule has 114 valence electrons. The first-order valence-electron chi connectivity index (χ1n) is 7.55. The Hall–Kier alpha value is -2.33. The van der Waals surface area contributed by atoms with Crippen LogP contribution in [-0.2, 0) is 11.2 Å². The largest absolute Gasteiger partial charge is 0.494 e. The topological polar surface area (TPSA) is 55.6 Å². The molecule has 2 aromatic rings. The summed E-state index contributed by atoms with van der Waals surface area (Å²) in [6, 6.07) is 15.4. The van der Waals surface area contributed by atoms with E-state index in [2.05, 4.69) is 0 Å². The van der Waals surface area contributed by atoms with Crippen molar-refractivity contribution >= 4 is 11.6 Å². The fourth-order valence-corrected chi connectivity index (χ4v) is 2.80.